The lowest BCUT2D eigenvalue weighted by molar-refractivity contribution is -0.135. The maximum absolute atomic E-state index is 12.0. The molecule has 4 nitrogen and oxygen atoms in total. The molecule has 110 valence electrons. The fraction of sp³-hybridized carbons (Fsp3) is 0.500. The van der Waals surface area contributed by atoms with Crippen molar-refractivity contribution in [1.82, 2.24) is 4.90 Å². The quantitative estimate of drug-likeness (QED) is 0.831. The number of nitrogens with zero attached hydrogens (tertiary/aromatic N) is 1. The molecule has 2 rings (SSSR count). The number of halogens is 2. The van der Waals surface area contributed by atoms with Crippen molar-refractivity contribution < 1.29 is 23.0 Å². The van der Waals surface area contributed by atoms with Gasteiger partial charge < -0.3 is 14.4 Å². The van der Waals surface area contributed by atoms with Crippen LogP contribution >= 0.6 is 0 Å². The molecule has 1 heterocycles. The van der Waals surface area contributed by atoms with Gasteiger partial charge in [0, 0.05) is 19.5 Å². The van der Waals surface area contributed by atoms with Crippen molar-refractivity contribution in [3.05, 3.63) is 29.8 Å². The largest absolute Gasteiger partial charge is 0.435 e. The lowest BCUT2D eigenvalue weighted by Gasteiger charge is -2.26. The van der Waals surface area contributed by atoms with Crippen LogP contribution in [-0.4, -0.2) is 43.7 Å². The van der Waals surface area contributed by atoms with Crippen molar-refractivity contribution in [3.8, 4) is 5.75 Å². The zero-order valence-corrected chi connectivity index (χ0v) is 11.1. The lowest BCUT2D eigenvalue weighted by Crippen LogP contribution is -2.40. The van der Waals surface area contributed by atoms with Crippen molar-refractivity contribution in [3.63, 3.8) is 0 Å². The predicted molar refractivity (Wildman–Crippen MR) is 68.8 cm³/mol. The Morgan fingerprint density at radius 2 is 1.90 bits per heavy atom. The number of hydrogen-bond acceptors (Lipinski definition) is 3. The van der Waals surface area contributed by atoms with Crippen LogP contribution in [0.5, 0.6) is 5.75 Å². The first-order chi connectivity index (χ1) is 9.65. The summed E-state index contributed by atoms with van der Waals surface area (Å²) in [5.41, 5.74) is 0.924. The summed E-state index contributed by atoms with van der Waals surface area (Å²) in [6.07, 6.45) is 1.00. The van der Waals surface area contributed by atoms with Gasteiger partial charge in [0.25, 0.3) is 0 Å². The van der Waals surface area contributed by atoms with Crippen molar-refractivity contribution in [2.24, 2.45) is 0 Å². The monoisotopic (exact) mass is 285 g/mol. The summed E-state index contributed by atoms with van der Waals surface area (Å²) in [7, 11) is 0. The first kappa shape index (κ1) is 14.7. The molecule has 1 aromatic rings. The van der Waals surface area contributed by atoms with Gasteiger partial charge in [-0.05, 0) is 24.1 Å². The van der Waals surface area contributed by atoms with Crippen molar-refractivity contribution in [1.29, 1.82) is 0 Å². The van der Waals surface area contributed by atoms with E-state index in [2.05, 4.69) is 4.74 Å². The molecular weight excluding hydrogens is 268 g/mol. The van der Waals surface area contributed by atoms with E-state index < -0.39 is 6.61 Å². The number of hydrogen-bond donors (Lipinski definition) is 0. The van der Waals surface area contributed by atoms with Crippen molar-refractivity contribution >= 4 is 5.91 Å². The van der Waals surface area contributed by atoms with E-state index in [0.717, 1.165) is 5.56 Å². The number of amides is 1. The molecule has 1 amide bonds. The third-order valence-corrected chi connectivity index (χ3v) is 3.14. The average molecular weight is 285 g/mol. The Labute approximate surface area is 116 Å². The summed E-state index contributed by atoms with van der Waals surface area (Å²) in [4.78, 5) is 13.7. The van der Waals surface area contributed by atoms with Crippen molar-refractivity contribution in [2.45, 2.75) is 19.5 Å². The molecule has 0 aromatic heterocycles. The van der Waals surface area contributed by atoms with Crippen LogP contribution in [0, 0.1) is 0 Å². The minimum absolute atomic E-state index is 0.0983. The van der Waals surface area contributed by atoms with E-state index in [9.17, 15) is 13.6 Å². The molecule has 0 unspecified atom stereocenters. The minimum atomic E-state index is -2.82. The van der Waals surface area contributed by atoms with Crippen molar-refractivity contribution in [2.75, 3.05) is 26.3 Å². The van der Waals surface area contributed by atoms with Gasteiger partial charge in [0.15, 0.2) is 0 Å². The summed E-state index contributed by atoms with van der Waals surface area (Å²) in [5.74, 6) is 0.226. The third-order valence-electron chi connectivity index (χ3n) is 3.14. The third kappa shape index (κ3) is 4.45. The smallest absolute Gasteiger partial charge is 0.387 e. The SMILES string of the molecule is O=C(CCc1ccc(OC(F)F)cc1)N1CCOCC1. The van der Waals surface area contributed by atoms with Gasteiger partial charge in [-0.25, -0.2) is 0 Å². The first-order valence-electron chi connectivity index (χ1n) is 6.54. The second-order valence-corrected chi connectivity index (χ2v) is 4.52. The summed E-state index contributed by atoms with van der Waals surface area (Å²) in [6.45, 7) is -0.361. The number of carbonyl (C=O) groups is 1. The number of aryl methyl sites for hydroxylation is 1. The Bertz CT molecular complexity index is 431. The average Bonchev–Trinajstić information content (AvgIpc) is 2.46. The topological polar surface area (TPSA) is 38.8 Å². The molecule has 1 fully saturated rings. The van der Waals surface area contributed by atoms with Crippen LogP contribution in [0.4, 0.5) is 8.78 Å². The zero-order valence-electron chi connectivity index (χ0n) is 11.1. The molecule has 6 heteroatoms. The Morgan fingerprint density at radius 1 is 1.25 bits per heavy atom. The highest BCUT2D eigenvalue weighted by Crippen LogP contribution is 2.16. The van der Waals surface area contributed by atoms with Crippen LogP contribution in [0.2, 0.25) is 0 Å². The fourth-order valence-corrected chi connectivity index (χ4v) is 2.06. The molecule has 0 N–H and O–H groups in total. The molecule has 1 saturated heterocycles. The summed E-state index contributed by atoms with van der Waals surface area (Å²) in [6, 6.07) is 6.37. The first-order valence-corrected chi connectivity index (χ1v) is 6.54. The van der Waals surface area contributed by atoms with Gasteiger partial charge in [0.2, 0.25) is 5.91 Å². The second kappa shape index (κ2) is 7.19. The Balaban J connectivity index is 1.79. The van der Waals surface area contributed by atoms with Crippen LogP contribution in [0.1, 0.15) is 12.0 Å². The molecule has 20 heavy (non-hydrogen) atoms. The summed E-state index contributed by atoms with van der Waals surface area (Å²) < 4.78 is 33.5. The van der Waals surface area contributed by atoms with Gasteiger partial charge in [0.05, 0.1) is 13.2 Å². The second-order valence-electron chi connectivity index (χ2n) is 4.52. The maximum atomic E-state index is 12.0. The summed E-state index contributed by atoms with van der Waals surface area (Å²) >= 11 is 0. The Morgan fingerprint density at radius 3 is 2.50 bits per heavy atom. The van der Waals surface area contributed by atoms with E-state index in [4.69, 9.17) is 4.74 Å². The highest BCUT2D eigenvalue weighted by atomic mass is 19.3. The van der Waals surface area contributed by atoms with E-state index in [0.29, 0.717) is 39.1 Å². The lowest BCUT2D eigenvalue weighted by atomic mass is 10.1. The predicted octanol–water partition coefficient (Wildman–Crippen LogP) is 2.08. The van der Waals surface area contributed by atoms with E-state index >= 15 is 0 Å². The number of rotatable bonds is 5. The molecule has 0 bridgehead atoms. The van der Waals surface area contributed by atoms with Gasteiger partial charge in [-0.2, -0.15) is 8.78 Å². The van der Waals surface area contributed by atoms with E-state index in [1.165, 1.54) is 12.1 Å². The van der Waals surface area contributed by atoms with Crippen LogP contribution in [0.25, 0.3) is 0 Å². The highest BCUT2D eigenvalue weighted by molar-refractivity contribution is 5.76. The van der Waals surface area contributed by atoms with Crippen LogP contribution in [0.3, 0.4) is 0 Å². The molecule has 1 aromatic carbocycles. The van der Waals surface area contributed by atoms with Gasteiger partial charge in [0.1, 0.15) is 5.75 Å². The fourth-order valence-electron chi connectivity index (χ4n) is 2.06. The standard InChI is InChI=1S/C14H17F2NO3/c15-14(16)20-12-4-1-11(2-5-12)3-6-13(18)17-7-9-19-10-8-17/h1-2,4-5,14H,3,6-10H2. The number of carbonyl (C=O) groups excluding carboxylic acids is 1. The Kier molecular flexibility index (Phi) is 5.29. The molecule has 0 atom stereocenters. The normalized spacial score (nSPS) is 15.4. The maximum Gasteiger partial charge on any atom is 0.387 e. The molecule has 1 aliphatic rings. The number of alkyl halides is 2. The van der Waals surface area contributed by atoms with Gasteiger partial charge in [-0.3, -0.25) is 4.79 Å². The zero-order chi connectivity index (χ0) is 14.4. The number of ether oxygens (including phenoxy) is 2. The van der Waals surface area contributed by atoms with Gasteiger partial charge >= 0.3 is 6.61 Å². The molecule has 0 radical (unpaired) electrons. The minimum Gasteiger partial charge on any atom is -0.435 e. The van der Waals surface area contributed by atoms with Gasteiger partial charge in [-0.15, -0.1) is 0 Å². The Hall–Kier alpha value is -1.69. The molecule has 1 aliphatic heterocycles. The summed E-state index contributed by atoms with van der Waals surface area (Å²) in [5, 5.41) is 0. The molecule has 0 aliphatic carbocycles. The molecule has 0 spiro atoms. The van der Waals surface area contributed by atoms with Crippen LogP contribution in [0.15, 0.2) is 24.3 Å². The van der Waals surface area contributed by atoms with E-state index in [-0.39, 0.29) is 11.7 Å². The number of benzene rings is 1. The van der Waals surface area contributed by atoms with Crippen LogP contribution < -0.4 is 4.74 Å². The van der Waals surface area contributed by atoms with E-state index in [1.54, 1.807) is 17.0 Å². The highest BCUT2D eigenvalue weighted by Gasteiger charge is 2.16. The van der Waals surface area contributed by atoms with Gasteiger partial charge in [-0.1, -0.05) is 12.1 Å². The molecular formula is C14H17F2NO3. The van der Waals surface area contributed by atoms with Crippen LogP contribution in [-0.2, 0) is 16.0 Å². The molecule has 0 saturated carbocycles. The number of morpholine rings is 1. The van der Waals surface area contributed by atoms with E-state index in [1.807, 2.05) is 0 Å².